The molecule has 67 heavy (non-hydrogen) atoms. The molecular formula is C65H51NO. The number of furan rings is 1. The first-order valence-electron chi connectivity index (χ1n) is 24.8. The first-order valence-corrected chi connectivity index (χ1v) is 24.8. The highest BCUT2D eigenvalue weighted by atomic mass is 16.3. The van der Waals surface area contributed by atoms with E-state index in [9.17, 15) is 0 Å². The predicted octanol–water partition coefficient (Wildman–Crippen LogP) is 17.6. The monoisotopic (exact) mass is 861 g/mol. The second-order valence-electron chi connectivity index (χ2n) is 21.2. The molecule has 2 heteroatoms. The molecule has 10 aromatic rings. The molecule has 9 aromatic carbocycles. The Kier molecular flexibility index (Phi) is 7.77. The summed E-state index contributed by atoms with van der Waals surface area (Å²) in [6.45, 7) is 4.83. The Morgan fingerprint density at radius 2 is 0.985 bits per heavy atom. The van der Waals surface area contributed by atoms with Crippen molar-refractivity contribution in [3.05, 3.63) is 210 Å². The summed E-state index contributed by atoms with van der Waals surface area (Å²) < 4.78 is 6.84. The van der Waals surface area contributed by atoms with Crippen LogP contribution in [0.5, 0.6) is 0 Å². The van der Waals surface area contributed by atoms with Crippen LogP contribution in [0.2, 0.25) is 0 Å². The maximum absolute atomic E-state index is 6.84. The molecule has 322 valence electrons. The number of fused-ring (bicyclic) bond motifs is 11. The van der Waals surface area contributed by atoms with E-state index in [4.69, 9.17) is 4.42 Å². The van der Waals surface area contributed by atoms with Gasteiger partial charge in [-0.2, -0.15) is 0 Å². The quantitative estimate of drug-likeness (QED) is 0.171. The van der Waals surface area contributed by atoms with Crippen LogP contribution >= 0.6 is 0 Å². The molecule has 4 fully saturated rings. The van der Waals surface area contributed by atoms with Gasteiger partial charge in [-0.15, -0.1) is 0 Å². The molecule has 16 rings (SSSR count). The van der Waals surface area contributed by atoms with Gasteiger partial charge in [0.05, 0.1) is 11.4 Å². The number of nitrogens with zero attached hydrogens (tertiary/aromatic N) is 1. The van der Waals surface area contributed by atoms with E-state index in [-0.39, 0.29) is 10.8 Å². The van der Waals surface area contributed by atoms with Gasteiger partial charge in [-0.25, -0.2) is 0 Å². The first-order chi connectivity index (χ1) is 33.0. The van der Waals surface area contributed by atoms with Crippen molar-refractivity contribution < 1.29 is 4.42 Å². The lowest BCUT2D eigenvalue weighted by Gasteiger charge is -2.61. The fraction of sp³-hybridized carbons (Fsp3) is 0.200. The van der Waals surface area contributed by atoms with Crippen molar-refractivity contribution in [2.24, 2.45) is 23.7 Å². The molecule has 4 saturated carbocycles. The topological polar surface area (TPSA) is 16.4 Å². The highest BCUT2D eigenvalue weighted by molar-refractivity contribution is 6.20. The second-order valence-corrected chi connectivity index (χ2v) is 21.2. The van der Waals surface area contributed by atoms with Gasteiger partial charge in [-0.1, -0.05) is 166 Å². The maximum atomic E-state index is 6.84. The van der Waals surface area contributed by atoms with Crippen LogP contribution in [-0.2, 0) is 10.8 Å². The zero-order valence-corrected chi connectivity index (χ0v) is 38.1. The third-order valence-electron chi connectivity index (χ3n) is 17.6. The second kappa shape index (κ2) is 13.7. The third-order valence-corrected chi connectivity index (χ3v) is 17.6. The first kappa shape index (κ1) is 38.0. The molecule has 0 saturated heterocycles. The Bertz CT molecular complexity index is 3690. The Hall–Kier alpha value is -7.16. The van der Waals surface area contributed by atoms with Crippen LogP contribution in [0.1, 0.15) is 68.2 Å². The Balaban J connectivity index is 1.00. The molecule has 0 radical (unpaired) electrons. The van der Waals surface area contributed by atoms with Gasteiger partial charge in [-0.3, -0.25) is 0 Å². The molecular weight excluding hydrogens is 811 g/mol. The zero-order valence-electron chi connectivity index (χ0n) is 38.1. The van der Waals surface area contributed by atoms with Crippen LogP contribution in [0.25, 0.3) is 77.2 Å². The SMILES string of the molecule is CC1(C)c2ccccc2-c2cccc(-c3ccccc3N(c3ccc4c(c3)C3(c5ccccc5-4)C4CC5CC(C4)CC3C5)c3ccccc3-c3cccc4oc5c6ccccc6ccc5c34)c21. The van der Waals surface area contributed by atoms with E-state index >= 15 is 0 Å². The van der Waals surface area contributed by atoms with Crippen molar-refractivity contribution in [3.8, 4) is 44.5 Å². The van der Waals surface area contributed by atoms with Crippen LogP contribution in [0.15, 0.2) is 192 Å². The smallest absolute Gasteiger partial charge is 0.143 e. The lowest BCUT2D eigenvalue weighted by atomic mass is 9.43. The zero-order chi connectivity index (χ0) is 44.2. The molecule has 0 aliphatic heterocycles. The summed E-state index contributed by atoms with van der Waals surface area (Å²) in [5.41, 5.74) is 21.7. The molecule has 0 atom stereocenters. The fourth-order valence-electron chi connectivity index (χ4n) is 15.3. The van der Waals surface area contributed by atoms with Crippen LogP contribution < -0.4 is 4.90 Å². The van der Waals surface area contributed by atoms with Crippen LogP contribution in [0.3, 0.4) is 0 Å². The summed E-state index contributed by atoms with van der Waals surface area (Å²) in [4.78, 5) is 2.63. The van der Waals surface area contributed by atoms with Crippen LogP contribution in [0, 0.1) is 23.7 Å². The summed E-state index contributed by atoms with van der Waals surface area (Å²) >= 11 is 0. The van der Waals surface area contributed by atoms with Crippen molar-refractivity contribution in [3.63, 3.8) is 0 Å². The summed E-state index contributed by atoms with van der Waals surface area (Å²) in [5.74, 6) is 3.11. The van der Waals surface area contributed by atoms with Crippen LogP contribution in [-0.4, -0.2) is 0 Å². The highest BCUT2D eigenvalue weighted by Gasteiger charge is 2.61. The Morgan fingerprint density at radius 1 is 0.433 bits per heavy atom. The molecule has 6 aliphatic rings. The Morgan fingerprint density at radius 3 is 1.73 bits per heavy atom. The largest absolute Gasteiger partial charge is 0.455 e. The number of hydrogen-bond acceptors (Lipinski definition) is 2. The van der Waals surface area contributed by atoms with Gasteiger partial charge in [0.2, 0.25) is 0 Å². The normalized spacial score (nSPS) is 22.4. The van der Waals surface area contributed by atoms with E-state index < -0.39 is 0 Å². The molecule has 1 heterocycles. The average Bonchev–Trinajstić information content (AvgIpc) is 3.98. The van der Waals surface area contributed by atoms with Gasteiger partial charge in [0.25, 0.3) is 0 Å². The lowest BCUT2D eigenvalue weighted by molar-refractivity contribution is -0.0399. The highest BCUT2D eigenvalue weighted by Crippen LogP contribution is 2.70. The molecule has 0 amide bonds. The van der Waals surface area contributed by atoms with Crippen molar-refractivity contribution in [1.29, 1.82) is 0 Å². The third kappa shape index (κ3) is 5.06. The van der Waals surface area contributed by atoms with E-state index in [1.807, 2.05) is 0 Å². The molecule has 0 unspecified atom stereocenters. The standard InChI is InChI=1S/C65H51NO/c1-64(2)55-24-9-5-18-47(55)52-22-13-23-53(62(52)64)50-20-8-12-27-59(50)66(44-30-32-48-46-17-6-10-25-56(46)65(57(48)38-44)42-34-39-33-40(36-42)37-43(65)35-39)58-26-11-7-19-49(58)51-21-14-28-60-61(51)54-31-29-41-15-3-4-16-45(41)63(54)67-60/h3-32,38-40,42-43H,33-37H2,1-2H3. The number of anilines is 3. The maximum Gasteiger partial charge on any atom is 0.143 e. The summed E-state index contributed by atoms with van der Waals surface area (Å²) in [5, 5.41) is 4.63. The van der Waals surface area contributed by atoms with Gasteiger partial charge in [0, 0.05) is 43.8 Å². The van der Waals surface area contributed by atoms with E-state index in [1.165, 1.54) is 104 Å². The van der Waals surface area contributed by atoms with Gasteiger partial charge < -0.3 is 9.32 Å². The van der Waals surface area contributed by atoms with Gasteiger partial charge in [0.15, 0.2) is 0 Å². The minimum Gasteiger partial charge on any atom is -0.455 e. The minimum absolute atomic E-state index is 0.0419. The van der Waals surface area contributed by atoms with E-state index in [0.717, 1.165) is 44.8 Å². The summed E-state index contributed by atoms with van der Waals surface area (Å²) in [7, 11) is 0. The van der Waals surface area contributed by atoms with Crippen molar-refractivity contribution in [2.75, 3.05) is 4.90 Å². The molecule has 2 nitrogen and oxygen atoms in total. The van der Waals surface area contributed by atoms with E-state index in [2.05, 4.69) is 207 Å². The van der Waals surface area contributed by atoms with Crippen LogP contribution in [0.4, 0.5) is 17.1 Å². The van der Waals surface area contributed by atoms with Gasteiger partial charge >= 0.3 is 0 Å². The molecule has 6 aliphatic carbocycles. The fourth-order valence-corrected chi connectivity index (χ4v) is 15.3. The molecule has 0 N–H and O–H groups in total. The van der Waals surface area contributed by atoms with E-state index in [0.29, 0.717) is 11.8 Å². The van der Waals surface area contributed by atoms with Crippen molar-refractivity contribution in [1.82, 2.24) is 0 Å². The number of rotatable bonds is 5. The predicted molar refractivity (Wildman–Crippen MR) is 278 cm³/mol. The average molecular weight is 862 g/mol. The summed E-state index contributed by atoms with van der Waals surface area (Å²) in [6.07, 6.45) is 6.87. The molecule has 1 aromatic heterocycles. The summed E-state index contributed by atoms with van der Waals surface area (Å²) in [6, 6.07) is 71.3. The van der Waals surface area contributed by atoms with Crippen molar-refractivity contribution in [2.45, 2.75) is 56.8 Å². The van der Waals surface area contributed by atoms with Crippen molar-refractivity contribution >= 4 is 49.8 Å². The lowest BCUT2D eigenvalue weighted by Crippen LogP contribution is -2.55. The molecule has 4 bridgehead atoms. The Labute approximate surface area is 392 Å². The number of para-hydroxylation sites is 2. The van der Waals surface area contributed by atoms with Gasteiger partial charge in [-0.05, 0) is 153 Å². The van der Waals surface area contributed by atoms with E-state index in [1.54, 1.807) is 11.1 Å². The number of hydrogen-bond donors (Lipinski definition) is 0. The molecule has 1 spiro atoms. The van der Waals surface area contributed by atoms with Gasteiger partial charge in [0.1, 0.15) is 11.2 Å². The minimum atomic E-state index is -0.175. The number of benzene rings is 9.